The minimum absolute atomic E-state index is 0.478. The molecule has 2 unspecified atom stereocenters. The highest BCUT2D eigenvalue weighted by Gasteiger charge is 2.25. The lowest BCUT2D eigenvalue weighted by Gasteiger charge is -2.31. The average Bonchev–Trinajstić information content (AvgIpc) is 3.06. The van der Waals surface area contributed by atoms with Crippen molar-refractivity contribution in [3.63, 3.8) is 0 Å². The highest BCUT2D eigenvalue weighted by atomic mass is 15.1. The first-order valence-corrected chi connectivity index (χ1v) is 12.5. The van der Waals surface area contributed by atoms with Gasteiger partial charge in [-0.25, -0.2) is 4.98 Å². The molecular formula is C28H44N4. The highest BCUT2D eigenvalue weighted by molar-refractivity contribution is 5.51. The van der Waals surface area contributed by atoms with Gasteiger partial charge in [-0.1, -0.05) is 56.8 Å². The van der Waals surface area contributed by atoms with Crippen molar-refractivity contribution in [2.75, 3.05) is 13.1 Å². The monoisotopic (exact) mass is 436 g/mol. The summed E-state index contributed by atoms with van der Waals surface area (Å²) in [5.74, 6) is 5.08. The summed E-state index contributed by atoms with van der Waals surface area (Å²) < 4.78 is 2.44. The lowest BCUT2D eigenvalue weighted by atomic mass is 9.80. The fourth-order valence-electron chi connectivity index (χ4n) is 4.86. The number of aromatic nitrogens is 2. The minimum Gasteiger partial charge on any atom is -0.330 e. The molecule has 4 N–H and O–H groups in total. The van der Waals surface area contributed by atoms with Crippen LogP contribution in [0.1, 0.15) is 88.0 Å². The van der Waals surface area contributed by atoms with E-state index in [2.05, 4.69) is 54.5 Å². The molecule has 1 aromatic heterocycles. The molecule has 2 aliphatic carbocycles. The van der Waals surface area contributed by atoms with Crippen molar-refractivity contribution in [3.05, 3.63) is 47.1 Å². The van der Waals surface area contributed by atoms with Crippen LogP contribution in [0, 0.1) is 38.0 Å². The molecule has 1 heterocycles. The van der Waals surface area contributed by atoms with Gasteiger partial charge in [-0.3, -0.25) is 0 Å². The first-order valence-electron chi connectivity index (χ1n) is 12.5. The van der Waals surface area contributed by atoms with Gasteiger partial charge in [0.2, 0.25) is 0 Å². The van der Waals surface area contributed by atoms with E-state index in [1.807, 2.05) is 6.08 Å². The Labute approximate surface area is 196 Å². The van der Waals surface area contributed by atoms with E-state index >= 15 is 0 Å². The average molecular weight is 437 g/mol. The summed E-state index contributed by atoms with van der Waals surface area (Å²) in [6.07, 6.45) is 27.0. The lowest BCUT2D eigenvalue weighted by molar-refractivity contribution is 0.239. The second-order valence-corrected chi connectivity index (χ2v) is 9.17. The van der Waals surface area contributed by atoms with Gasteiger partial charge in [0.05, 0.1) is 5.69 Å². The Hall–Kier alpha value is -2.09. The summed E-state index contributed by atoms with van der Waals surface area (Å²) in [5, 5.41) is 0. The predicted molar refractivity (Wildman–Crippen MR) is 138 cm³/mol. The van der Waals surface area contributed by atoms with Crippen molar-refractivity contribution in [3.8, 4) is 12.3 Å². The Morgan fingerprint density at radius 1 is 1.25 bits per heavy atom. The number of rotatable bonds is 10. The fraction of sp³-hybridized carbons (Fsp3) is 0.607. The van der Waals surface area contributed by atoms with Gasteiger partial charge in [0.15, 0.2) is 0 Å². The molecule has 0 aliphatic heterocycles. The van der Waals surface area contributed by atoms with Crippen molar-refractivity contribution in [2.45, 2.75) is 84.6 Å². The Bertz CT molecular complexity index is 817. The predicted octanol–water partition coefficient (Wildman–Crippen LogP) is 5.86. The third-order valence-electron chi connectivity index (χ3n) is 6.81. The normalized spacial score (nSPS) is 17.8. The summed E-state index contributed by atoms with van der Waals surface area (Å²) in [5.41, 5.74) is 14.8. The van der Waals surface area contributed by atoms with Crippen molar-refractivity contribution < 1.29 is 0 Å². The van der Waals surface area contributed by atoms with E-state index in [9.17, 15) is 0 Å². The zero-order valence-electron chi connectivity index (χ0n) is 20.5. The van der Waals surface area contributed by atoms with Crippen LogP contribution in [0.15, 0.2) is 29.9 Å². The van der Waals surface area contributed by atoms with E-state index in [0.29, 0.717) is 18.5 Å². The summed E-state index contributed by atoms with van der Waals surface area (Å²) >= 11 is 0. The van der Waals surface area contributed by atoms with Crippen LogP contribution in [0.25, 0.3) is 6.08 Å². The van der Waals surface area contributed by atoms with E-state index in [-0.39, 0.29) is 0 Å². The highest BCUT2D eigenvalue weighted by Crippen LogP contribution is 2.36. The summed E-state index contributed by atoms with van der Waals surface area (Å²) in [6.45, 7) is 8.00. The van der Waals surface area contributed by atoms with Crippen LogP contribution in [0.4, 0.5) is 0 Å². The van der Waals surface area contributed by atoms with Gasteiger partial charge < -0.3 is 16.0 Å². The number of hydrogen-bond donors (Lipinski definition) is 2. The van der Waals surface area contributed by atoms with Crippen LogP contribution in [0.3, 0.4) is 0 Å². The second kappa shape index (κ2) is 14.1. The summed E-state index contributed by atoms with van der Waals surface area (Å²) in [4.78, 5) is 4.68. The molecule has 32 heavy (non-hydrogen) atoms. The molecule has 1 fully saturated rings. The maximum atomic E-state index is 5.66. The van der Waals surface area contributed by atoms with Crippen molar-refractivity contribution in [1.82, 2.24) is 9.55 Å². The topological polar surface area (TPSA) is 69.9 Å². The third kappa shape index (κ3) is 7.50. The van der Waals surface area contributed by atoms with Crippen LogP contribution in [0.2, 0.25) is 0 Å². The Morgan fingerprint density at radius 2 is 2.03 bits per heavy atom. The van der Waals surface area contributed by atoms with E-state index < -0.39 is 0 Å². The standard InChI is InChI=1S/C18H26N2.C10H18N2/c1-5-7-12-18-14(3)20(15(4)19-18)17(9-6-2)13-16-10-8-11-16;11-7-6-10(8-12)9-4-2-1-3-5-9/h1,7,12,16-17H,6,8-11,13H2,2-4H3;2,4-5,10H,1,3,6-8,11-12H2/b12-7-;. The van der Waals surface area contributed by atoms with Crippen molar-refractivity contribution >= 4 is 6.08 Å². The van der Waals surface area contributed by atoms with Gasteiger partial charge in [-0.15, -0.1) is 6.42 Å². The van der Waals surface area contributed by atoms with Gasteiger partial charge >= 0.3 is 0 Å². The molecule has 0 radical (unpaired) electrons. The van der Waals surface area contributed by atoms with Crippen LogP contribution >= 0.6 is 0 Å². The fourth-order valence-corrected chi connectivity index (χ4v) is 4.86. The molecule has 3 rings (SSSR count). The largest absolute Gasteiger partial charge is 0.330 e. The zero-order chi connectivity index (χ0) is 23.3. The Morgan fingerprint density at radius 3 is 2.56 bits per heavy atom. The second-order valence-electron chi connectivity index (χ2n) is 9.17. The number of aryl methyl sites for hydroxylation is 1. The van der Waals surface area contributed by atoms with Gasteiger partial charge in [0.25, 0.3) is 0 Å². The van der Waals surface area contributed by atoms with Gasteiger partial charge in [0, 0.05) is 11.7 Å². The summed E-state index contributed by atoms with van der Waals surface area (Å²) in [7, 11) is 0. The molecule has 176 valence electrons. The molecule has 0 aromatic carbocycles. The first-order chi connectivity index (χ1) is 15.5. The Balaban J connectivity index is 0.000000258. The maximum Gasteiger partial charge on any atom is 0.106 e. The summed E-state index contributed by atoms with van der Waals surface area (Å²) in [6, 6.07) is 0.603. The molecule has 0 amide bonds. The third-order valence-corrected chi connectivity index (χ3v) is 6.81. The molecule has 1 saturated carbocycles. The first kappa shape index (κ1) is 26.2. The van der Waals surface area contributed by atoms with Crippen LogP contribution < -0.4 is 11.5 Å². The Kier molecular flexibility index (Phi) is 11.6. The lowest BCUT2D eigenvalue weighted by Crippen LogP contribution is -2.20. The number of hydrogen-bond acceptors (Lipinski definition) is 3. The molecular weight excluding hydrogens is 392 g/mol. The van der Waals surface area contributed by atoms with Crippen LogP contribution in [-0.4, -0.2) is 22.6 Å². The number of allylic oxidation sites excluding steroid dienone is 4. The van der Waals surface area contributed by atoms with E-state index in [1.165, 1.54) is 56.2 Å². The molecule has 4 heteroatoms. The van der Waals surface area contributed by atoms with Crippen LogP contribution in [0.5, 0.6) is 0 Å². The molecule has 0 spiro atoms. The zero-order valence-corrected chi connectivity index (χ0v) is 20.5. The number of imidazole rings is 1. The number of nitrogens with zero attached hydrogens (tertiary/aromatic N) is 2. The molecule has 2 atom stereocenters. The van der Waals surface area contributed by atoms with Gasteiger partial charge in [-0.2, -0.15) is 0 Å². The minimum atomic E-state index is 0.478. The maximum absolute atomic E-state index is 5.66. The SMILES string of the molecule is C#C/C=C\c1nc(C)n(C(CCC)CC2CCC2)c1C.NCCC(CN)C1=CCCC=C1. The van der Waals surface area contributed by atoms with E-state index in [4.69, 9.17) is 17.9 Å². The van der Waals surface area contributed by atoms with Crippen molar-refractivity contribution in [1.29, 1.82) is 0 Å². The van der Waals surface area contributed by atoms with E-state index in [1.54, 1.807) is 6.08 Å². The number of nitrogens with two attached hydrogens (primary N) is 2. The molecule has 0 saturated heterocycles. The molecule has 0 bridgehead atoms. The molecule has 4 nitrogen and oxygen atoms in total. The van der Waals surface area contributed by atoms with Gasteiger partial charge in [-0.05, 0) is 88.6 Å². The number of terminal acetylenes is 1. The van der Waals surface area contributed by atoms with Crippen molar-refractivity contribution in [2.24, 2.45) is 23.3 Å². The quantitative estimate of drug-likeness (QED) is 0.451. The van der Waals surface area contributed by atoms with Crippen LogP contribution in [-0.2, 0) is 0 Å². The van der Waals surface area contributed by atoms with E-state index in [0.717, 1.165) is 36.8 Å². The van der Waals surface area contributed by atoms with Gasteiger partial charge in [0.1, 0.15) is 5.82 Å². The molecule has 2 aliphatic rings. The smallest absolute Gasteiger partial charge is 0.106 e. The molecule has 1 aromatic rings.